The highest BCUT2D eigenvalue weighted by Crippen LogP contribution is 2.30. The molecule has 0 saturated heterocycles. The molecule has 1 aromatic rings. The lowest BCUT2D eigenvalue weighted by atomic mass is 9.97. The molecule has 1 aliphatic heterocycles. The average Bonchev–Trinajstić information content (AvgIpc) is 2.27. The van der Waals surface area contributed by atoms with E-state index < -0.39 is 0 Å². The molecule has 0 aliphatic carbocycles. The van der Waals surface area contributed by atoms with E-state index in [1.54, 1.807) is 7.11 Å². The van der Waals surface area contributed by atoms with Gasteiger partial charge < -0.3 is 14.6 Å². The van der Waals surface area contributed by atoms with Gasteiger partial charge in [0.15, 0.2) is 0 Å². The summed E-state index contributed by atoms with van der Waals surface area (Å²) >= 11 is 0. The molecule has 0 radical (unpaired) electrons. The van der Waals surface area contributed by atoms with Gasteiger partial charge in [0.2, 0.25) is 0 Å². The van der Waals surface area contributed by atoms with E-state index in [2.05, 4.69) is 0 Å². The fourth-order valence-corrected chi connectivity index (χ4v) is 1.68. The molecule has 3 heteroatoms. The molecule has 1 atom stereocenters. The standard InChI is InChI=1S/C11H14O3/c1-13-10-2-3-11-9(5-10)4-8(6-12)7-14-11/h2-3,5,8,12H,4,6-7H2,1H3. The molecule has 1 heterocycles. The van der Waals surface area contributed by atoms with Gasteiger partial charge in [-0.05, 0) is 30.2 Å². The maximum atomic E-state index is 9.03. The molecule has 1 aliphatic rings. The molecule has 1 unspecified atom stereocenters. The number of hydrogen-bond donors (Lipinski definition) is 1. The Bertz CT molecular complexity index is 322. The molecule has 0 saturated carbocycles. The van der Waals surface area contributed by atoms with Crippen molar-refractivity contribution in [2.45, 2.75) is 6.42 Å². The zero-order chi connectivity index (χ0) is 9.97. The van der Waals surface area contributed by atoms with Crippen LogP contribution in [0.15, 0.2) is 18.2 Å². The highest BCUT2D eigenvalue weighted by atomic mass is 16.5. The van der Waals surface area contributed by atoms with Crippen molar-refractivity contribution < 1.29 is 14.6 Å². The van der Waals surface area contributed by atoms with E-state index in [9.17, 15) is 0 Å². The van der Waals surface area contributed by atoms with Crippen LogP contribution in [0.2, 0.25) is 0 Å². The van der Waals surface area contributed by atoms with Crippen LogP contribution in [0.5, 0.6) is 11.5 Å². The molecule has 76 valence electrons. The molecule has 3 nitrogen and oxygen atoms in total. The smallest absolute Gasteiger partial charge is 0.122 e. The van der Waals surface area contributed by atoms with E-state index >= 15 is 0 Å². The number of aliphatic hydroxyl groups excluding tert-OH is 1. The Kier molecular flexibility index (Phi) is 2.59. The van der Waals surface area contributed by atoms with Crippen LogP contribution in [0, 0.1) is 5.92 Å². The van der Waals surface area contributed by atoms with Crippen molar-refractivity contribution in [2.75, 3.05) is 20.3 Å². The van der Waals surface area contributed by atoms with Crippen LogP contribution in [0.3, 0.4) is 0 Å². The van der Waals surface area contributed by atoms with Crippen molar-refractivity contribution in [2.24, 2.45) is 5.92 Å². The van der Waals surface area contributed by atoms with Gasteiger partial charge in [-0.2, -0.15) is 0 Å². The first kappa shape index (κ1) is 9.34. The lowest BCUT2D eigenvalue weighted by Gasteiger charge is -2.24. The van der Waals surface area contributed by atoms with Crippen molar-refractivity contribution in [3.05, 3.63) is 23.8 Å². The highest BCUT2D eigenvalue weighted by molar-refractivity contribution is 5.41. The zero-order valence-electron chi connectivity index (χ0n) is 8.19. The van der Waals surface area contributed by atoms with Crippen molar-refractivity contribution in [1.82, 2.24) is 0 Å². The third-order valence-electron chi connectivity index (χ3n) is 2.51. The number of ether oxygens (including phenoxy) is 2. The largest absolute Gasteiger partial charge is 0.497 e. The Morgan fingerprint density at radius 3 is 3.14 bits per heavy atom. The highest BCUT2D eigenvalue weighted by Gasteiger charge is 2.19. The molecule has 0 bridgehead atoms. The monoisotopic (exact) mass is 194 g/mol. The van der Waals surface area contributed by atoms with Gasteiger partial charge in [-0.3, -0.25) is 0 Å². The number of hydrogen-bond acceptors (Lipinski definition) is 3. The van der Waals surface area contributed by atoms with Gasteiger partial charge in [0.05, 0.1) is 13.7 Å². The summed E-state index contributed by atoms with van der Waals surface area (Å²) in [4.78, 5) is 0. The van der Waals surface area contributed by atoms with Gasteiger partial charge in [0.1, 0.15) is 11.5 Å². The molecular weight excluding hydrogens is 180 g/mol. The van der Waals surface area contributed by atoms with E-state index in [1.165, 1.54) is 0 Å². The molecule has 0 fully saturated rings. The van der Waals surface area contributed by atoms with Crippen LogP contribution >= 0.6 is 0 Å². The first-order chi connectivity index (χ1) is 6.83. The molecular formula is C11H14O3. The van der Waals surface area contributed by atoms with Crippen molar-refractivity contribution in [3.63, 3.8) is 0 Å². The Morgan fingerprint density at radius 2 is 2.43 bits per heavy atom. The van der Waals surface area contributed by atoms with Crippen molar-refractivity contribution in [1.29, 1.82) is 0 Å². The molecule has 0 spiro atoms. The SMILES string of the molecule is COc1ccc2c(c1)CC(CO)CO2. The summed E-state index contributed by atoms with van der Waals surface area (Å²) in [6.07, 6.45) is 0.864. The topological polar surface area (TPSA) is 38.7 Å². The van der Waals surface area contributed by atoms with E-state index in [-0.39, 0.29) is 12.5 Å². The summed E-state index contributed by atoms with van der Waals surface area (Å²) in [5.41, 5.74) is 1.12. The van der Waals surface area contributed by atoms with Gasteiger partial charge in [-0.15, -0.1) is 0 Å². The summed E-state index contributed by atoms with van der Waals surface area (Å²) < 4.78 is 10.6. The third-order valence-corrected chi connectivity index (χ3v) is 2.51. The number of fused-ring (bicyclic) bond motifs is 1. The maximum Gasteiger partial charge on any atom is 0.122 e. The molecule has 1 N–H and O–H groups in total. The maximum absolute atomic E-state index is 9.03. The van der Waals surface area contributed by atoms with Crippen molar-refractivity contribution in [3.8, 4) is 11.5 Å². The molecule has 0 amide bonds. The van der Waals surface area contributed by atoms with Gasteiger partial charge in [0, 0.05) is 12.5 Å². The predicted octanol–water partition coefficient (Wildman–Crippen LogP) is 1.24. The lowest BCUT2D eigenvalue weighted by molar-refractivity contribution is 0.146. The second-order valence-electron chi connectivity index (χ2n) is 3.54. The molecule has 1 aromatic carbocycles. The Balaban J connectivity index is 2.25. The minimum Gasteiger partial charge on any atom is -0.497 e. The first-order valence-corrected chi connectivity index (χ1v) is 4.74. The van der Waals surface area contributed by atoms with Crippen LogP contribution in [0.1, 0.15) is 5.56 Å². The Labute approximate surface area is 83.3 Å². The average molecular weight is 194 g/mol. The Morgan fingerprint density at radius 1 is 1.57 bits per heavy atom. The molecule has 2 rings (SSSR count). The van der Waals surface area contributed by atoms with E-state index in [0.29, 0.717) is 6.61 Å². The van der Waals surface area contributed by atoms with Gasteiger partial charge >= 0.3 is 0 Å². The normalized spacial score (nSPS) is 19.7. The number of benzene rings is 1. The molecule has 0 aromatic heterocycles. The number of aliphatic hydroxyl groups is 1. The van der Waals surface area contributed by atoms with Crippen LogP contribution in [-0.4, -0.2) is 25.4 Å². The van der Waals surface area contributed by atoms with Gasteiger partial charge in [-0.25, -0.2) is 0 Å². The third kappa shape index (κ3) is 1.68. The summed E-state index contributed by atoms with van der Waals surface area (Å²) in [5, 5.41) is 9.03. The quantitative estimate of drug-likeness (QED) is 0.769. The minimum absolute atomic E-state index is 0.177. The lowest BCUT2D eigenvalue weighted by Crippen LogP contribution is -2.23. The Hall–Kier alpha value is -1.22. The molecule has 14 heavy (non-hydrogen) atoms. The van der Waals surface area contributed by atoms with Crippen LogP contribution in [0.4, 0.5) is 0 Å². The van der Waals surface area contributed by atoms with Crippen molar-refractivity contribution >= 4 is 0 Å². The summed E-state index contributed by atoms with van der Waals surface area (Å²) in [6, 6.07) is 5.77. The minimum atomic E-state index is 0.177. The van der Waals surface area contributed by atoms with Crippen LogP contribution in [-0.2, 0) is 6.42 Å². The van der Waals surface area contributed by atoms with E-state index in [4.69, 9.17) is 14.6 Å². The fourth-order valence-electron chi connectivity index (χ4n) is 1.68. The number of methoxy groups -OCH3 is 1. The van der Waals surface area contributed by atoms with E-state index in [0.717, 1.165) is 23.5 Å². The van der Waals surface area contributed by atoms with Gasteiger partial charge in [0.25, 0.3) is 0 Å². The predicted molar refractivity (Wildman–Crippen MR) is 52.8 cm³/mol. The first-order valence-electron chi connectivity index (χ1n) is 4.74. The summed E-state index contributed by atoms with van der Waals surface area (Å²) in [6.45, 7) is 0.784. The summed E-state index contributed by atoms with van der Waals surface area (Å²) in [7, 11) is 1.65. The number of rotatable bonds is 2. The second-order valence-corrected chi connectivity index (χ2v) is 3.54. The van der Waals surface area contributed by atoms with E-state index in [1.807, 2.05) is 18.2 Å². The van der Waals surface area contributed by atoms with Gasteiger partial charge in [-0.1, -0.05) is 0 Å². The van der Waals surface area contributed by atoms with Crippen LogP contribution < -0.4 is 9.47 Å². The zero-order valence-corrected chi connectivity index (χ0v) is 8.19. The summed E-state index contributed by atoms with van der Waals surface area (Å²) in [5.74, 6) is 1.97. The second kappa shape index (κ2) is 3.88. The van der Waals surface area contributed by atoms with Crippen LogP contribution in [0.25, 0.3) is 0 Å². The fraction of sp³-hybridized carbons (Fsp3) is 0.455.